The van der Waals surface area contributed by atoms with Crippen LogP contribution in [0.3, 0.4) is 0 Å². The topological polar surface area (TPSA) is 57.2 Å². The van der Waals surface area contributed by atoms with Gasteiger partial charge in [0.25, 0.3) is 5.91 Å². The van der Waals surface area contributed by atoms with Gasteiger partial charge in [-0.2, -0.15) is 0 Å². The minimum absolute atomic E-state index is 0.0198. The fourth-order valence-corrected chi connectivity index (χ4v) is 2.93. The van der Waals surface area contributed by atoms with Crippen LogP contribution in [0.2, 0.25) is 0 Å². The van der Waals surface area contributed by atoms with Gasteiger partial charge in [-0.05, 0) is 24.6 Å². The number of carbonyl (C=O) groups excluding carboxylic acids is 1. The molecular formula is C16H21NO5. The van der Waals surface area contributed by atoms with E-state index >= 15 is 0 Å². The summed E-state index contributed by atoms with van der Waals surface area (Å²) in [5, 5.41) is 0. The lowest BCUT2D eigenvalue weighted by atomic mass is 10.0. The molecule has 3 rings (SSSR count). The summed E-state index contributed by atoms with van der Waals surface area (Å²) >= 11 is 0. The van der Waals surface area contributed by atoms with Gasteiger partial charge in [0.05, 0.1) is 6.10 Å². The Kier molecular flexibility index (Phi) is 4.49. The second kappa shape index (κ2) is 6.54. The van der Waals surface area contributed by atoms with Crippen LogP contribution in [0.5, 0.6) is 11.5 Å². The van der Waals surface area contributed by atoms with Crippen molar-refractivity contribution in [3.8, 4) is 11.5 Å². The average molecular weight is 307 g/mol. The molecule has 0 unspecified atom stereocenters. The predicted octanol–water partition coefficient (Wildman–Crippen LogP) is 1.33. The van der Waals surface area contributed by atoms with Crippen molar-refractivity contribution in [1.82, 2.24) is 4.90 Å². The molecule has 1 aromatic rings. The summed E-state index contributed by atoms with van der Waals surface area (Å²) < 4.78 is 21.9. The van der Waals surface area contributed by atoms with E-state index in [9.17, 15) is 4.79 Å². The molecule has 0 aromatic heterocycles. The Bertz CT molecular complexity index is 547. The molecule has 2 atom stereocenters. The standard InChI is InChI=1S/C16H21NO5/c1-19-12-5-6-17(10-15(12)20-2)16(18)11-3-4-13-14(9-11)22-8-7-21-13/h3-4,9,12,15H,5-8,10H2,1-2H3/t12-,15+/m1/s1. The zero-order chi connectivity index (χ0) is 15.5. The van der Waals surface area contributed by atoms with Gasteiger partial charge in [-0.3, -0.25) is 4.79 Å². The Morgan fingerprint density at radius 3 is 2.59 bits per heavy atom. The van der Waals surface area contributed by atoms with Gasteiger partial charge in [-0.15, -0.1) is 0 Å². The van der Waals surface area contributed by atoms with Gasteiger partial charge in [-0.1, -0.05) is 0 Å². The van der Waals surface area contributed by atoms with Crippen molar-refractivity contribution in [2.24, 2.45) is 0 Å². The zero-order valence-electron chi connectivity index (χ0n) is 12.9. The minimum Gasteiger partial charge on any atom is -0.486 e. The number of nitrogens with zero attached hydrogens (tertiary/aromatic N) is 1. The highest BCUT2D eigenvalue weighted by molar-refractivity contribution is 5.95. The second-order valence-electron chi connectivity index (χ2n) is 5.45. The van der Waals surface area contributed by atoms with Crippen LogP contribution in [-0.4, -0.2) is 63.5 Å². The van der Waals surface area contributed by atoms with E-state index in [0.717, 1.165) is 6.42 Å². The molecule has 0 radical (unpaired) electrons. The van der Waals surface area contributed by atoms with E-state index in [4.69, 9.17) is 18.9 Å². The number of hydrogen-bond acceptors (Lipinski definition) is 5. The van der Waals surface area contributed by atoms with Crippen LogP contribution < -0.4 is 9.47 Å². The lowest BCUT2D eigenvalue weighted by molar-refractivity contribution is -0.0725. The highest BCUT2D eigenvalue weighted by Crippen LogP contribution is 2.31. The van der Waals surface area contributed by atoms with Crippen molar-refractivity contribution in [2.45, 2.75) is 18.6 Å². The summed E-state index contributed by atoms with van der Waals surface area (Å²) in [4.78, 5) is 14.5. The van der Waals surface area contributed by atoms with Gasteiger partial charge in [0.15, 0.2) is 11.5 Å². The molecule has 6 nitrogen and oxygen atoms in total. The number of amides is 1. The number of benzene rings is 1. The van der Waals surface area contributed by atoms with Crippen LogP contribution in [0.4, 0.5) is 0 Å². The normalized spacial score (nSPS) is 24.2. The minimum atomic E-state index is -0.0973. The van der Waals surface area contributed by atoms with E-state index < -0.39 is 0 Å². The fraction of sp³-hybridized carbons (Fsp3) is 0.562. The van der Waals surface area contributed by atoms with Gasteiger partial charge in [0.1, 0.15) is 19.3 Å². The number of carbonyl (C=O) groups is 1. The van der Waals surface area contributed by atoms with Crippen LogP contribution >= 0.6 is 0 Å². The second-order valence-corrected chi connectivity index (χ2v) is 5.45. The number of piperidine rings is 1. The predicted molar refractivity (Wildman–Crippen MR) is 79.5 cm³/mol. The molecule has 2 heterocycles. The summed E-state index contributed by atoms with van der Waals surface area (Å²) in [5.41, 5.74) is 0.606. The first kappa shape index (κ1) is 15.1. The third-order valence-corrected chi connectivity index (χ3v) is 4.18. The fourth-order valence-electron chi connectivity index (χ4n) is 2.93. The molecule has 1 saturated heterocycles. The molecule has 0 spiro atoms. The molecule has 2 aliphatic heterocycles. The van der Waals surface area contributed by atoms with E-state index in [1.807, 2.05) is 0 Å². The Balaban J connectivity index is 1.74. The molecule has 120 valence electrons. The van der Waals surface area contributed by atoms with Crippen LogP contribution in [0.1, 0.15) is 16.8 Å². The number of methoxy groups -OCH3 is 2. The van der Waals surface area contributed by atoms with Gasteiger partial charge >= 0.3 is 0 Å². The van der Waals surface area contributed by atoms with E-state index in [1.165, 1.54) is 0 Å². The van der Waals surface area contributed by atoms with Crippen molar-refractivity contribution in [2.75, 3.05) is 40.5 Å². The Morgan fingerprint density at radius 2 is 1.86 bits per heavy atom. The molecule has 1 amide bonds. The van der Waals surface area contributed by atoms with Crippen LogP contribution in [0.25, 0.3) is 0 Å². The maximum Gasteiger partial charge on any atom is 0.254 e. The molecule has 0 aliphatic carbocycles. The smallest absolute Gasteiger partial charge is 0.254 e. The zero-order valence-corrected chi connectivity index (χ0v) is 12.9. The highest BCUT2D eigenvalue weighted by Gasteiger charge is 2.32. The monoisotopic (exact) mass is 307 g/mol. The Hall–Kier alpha value is -1.79. The summed E-state index contributed by atoms with van der Waals surface area (Å²) in [6.45, 7) is 2.24. The maximum atomic E-state index is 12.7. The van der Waals surface area contributed by atoms with Crippen LogP contribution in [-0.2, 0) is 9.47 Å². The van der Waals surface area contributed by atoms with Crippen molar-refractivity contribution in [3.63, 3.8) is 0 Å². The number of hydrogen-bond donors (Lipinski definition) is 0. The van der Waals surface area contributed by atoms with Gasteiger partial charge < -0.3 is 23.8 Å². The molecular weight excluding hydrogens is 286 g/mol. The summed E-state index contributed by atoms with van der Waals surface area (Å²) in [6, 6.07) is 5.32. The van der Waals surface area contributed by atoms with Crippen molar-refractivity contribution in [3.05, 3.63) is 23.8 Å². The number of ether oxygens (including phenoxy) is 4. The van der Waals surface area contributed by atoms with E-state index in [-0.39, 0.29) is 18.1 Å². The molecule has 1 fully saturated rings. The summed E-state index contributed by atoms with van der Waals surface area (Å²) in [7, 11) is 3.32. The lowest BCUT2D eigenvalue weighted by Crippen LogP contribution is -2.50. The highest BCUT2D eigenvalue weighted by atomic mass is 16.6. The SMILES string of the molecule is CO[C@H]1CN(C(=O)c2ccc3c(c2)OCCO3)CC[C@H]1OC. The summed E-state index contributed by atoms with van der Waals surface area (Å²) in [6.07, 6.45) is 0.708. The van der Waals surface area contributed by atoms with Gasteiger partial charge in [0, 0.05) is 32.9 Å². The Labute approximate surface area is 129 Å². The van der Waals surface area contributed by atoms with Crippen molar-refractivity contribution in [1.29, 1.82) is 0 Å². The van der Waals surface area contributed by atoms with Crippen molar-refractivity contribution >= 4 is 5.91 Å². The third kappa shape index (κ3) is 2.89. The van der Waals surface area contributed by atoms with E-state index in [0.29, 0.717) is 43.4 Å². The molecule has 6 heteroatoms. The first-order chi connectivity index (χ1) is 10.7. The van der Waals surface area contributed by atoms with Gasteiger partial charge in [0.2, 0.25) is 0 Å². The molecule has 2 aliphatic rings. The molecule has 1 aromatic carbocycles. The third-order valence-electron chi connectivity index (χ3n) is 4.18. The average Bonchev–Trinajstić information content (AvgIpc) is 2.60. The first-order valence-corrected chi connectivity index (χ1v) is 7.47. The number of rotatable bonds is 3. The van der Waals surface area contributed by atoms with Crippen LogP contribution in [0.15, 0.2) is 18.2 Å². The maximum absolute atomic E-state index is 12.7. The number of likely N-dealkylation sites (tertiary alicyclic amines) is 1. The van der Waals surface area contributed by atoms with Gasteiger partial charge in [-0.25, -0.2) is 0 Å². The van der Waals surface area contributed by atoms with E-state index in [1.54, 1.807) is 37.3 Å². The summed E-state index contributed by atoms with van der Waals surface area (Å²) in [5.74, 6) is 1.30. The Morgan fingerprint density at radius 1 is 1.14 bits per heavy atom. The molecule has 22 heavy (non-hydrogen) atoms. The first-order valence-electron chi connectivity index (χ1n) is 7.47. The van der Waals surface area contributed by atoms with Crippen LogP contribution in [0, 0.1) is 0 Å². The largest absolute Gasteiger partial charge is 0.486 e. The number of fused-ring (bicyclic) bond motifs is 1. The molecule has 0 saturated carbocycles. The quantitative estimate of drug-likeness (QED) is 0.843. The molecule has 0 bridgehead atoms. The van der Waals surface area contributed by atoms with E-state index in [2.05, 4.69) is 0 Å². The lowest BCUT2D eigenvalue weighted by Gasteiger charge is -2.37. The van der Waals surface area contributed by atoms with Crippen molar-refractivity contribution < 1.29 is 23.7 Å². The molecule has 0 N–H and O–H groups in total.